The van der Waals surface area contributed by atoms with Gasteiger partial charge in [-0.3, -0.25) is 4.79 Å². The lowest BCUT2D eigenvalue weighted by atomic mass is 10.2. The summed E-state index contributed by atoms with van der Waals surface area (Å²) in [6, 6.07) is 8.76. The number of rotatable bonds is 4. The van der Waals surface area contributed by atoms with Gasteiger partial charge in [-0.05, 0) is 45.9 Å². The molecule has 1 heterocycles. The molecule has 0 aliphatic heterocycles. The molecule has 0 saturated heterocycles. The second-order valence-corrected chi connectivity index (χ2v) is 6.04. The minimum absolute atomic E-state index is 0.100. The Bertz CT molecular complexity index is 571. The normalized spacial score (nSPS) is 10.5. The van der Waals surface area contributed by atoms with Gasteiger partial charge in [-0.15, -0.1) is 11.3 Å². The summed E-state index contributed by atoms with van der Waals surface area (Å²) in [5.41, 5.74) is 0.100. The number of hydrogen-bond acceptors (Lipinski definition) is 2. The van der Waals surface area contributed by atoms with Gasteiger partial charge in [-0.25, -0.2) is 4.39 Å². The van der Waals surface area contributed by atoms with E-state index in [9.17, 15) is 9.18 Å². The predicted octanol–water partition coefficient (Wildman–Crippen LogP) is 3.96. The lowest BCUT2D eigenvalue weighted by Gasteiger charge is -2.17. The van der Waals surface area contributed by atoms with Crippen molar-refractivity contribution in [2.45, 2.75) is 6.42 Å². The van der Waals surface area contributed by atoms with Gasteiger partial charge in [0.15, 0.2) is 0 Å². The maximum atomic E-state index is 13.8. The Hall–Kier alpha value is -1.20. The van der Waals surface area contributed by atoms with Crippen LogP contribution in [0.1, 0.15) is 15.2 Å². The van der Waals surface area contributed by atoms with Crippen molar-refractivity contribution in [1.82, 2.24) is 4.90 Å². The van der Waals surface area contributed by atoms with Gasteiger partial charge in [0.2, 0.25) is 0 Å². The van der Waals surface area contributed by atoms with Crippen molar-refractivity contribution in [3.05, 3.63) is 56.4 Å². The standard InChI is InChI=1S/C14H13BrFNOS/c1-17(8-7-10-4-3-9-19-10)14(18)11-5-2-6-12(15)13(11)16/h2-6,9H,7-8H2,1H3. The third-order valence-corrected chi connectivity index (χ3v) is 4.35. The number of likely N-dealkylation sites (N-methyl/N-ethyl adjacent to an activating group) is 1. The zero-order chi connectivity index (χ0) is 13.8. The van der Waals surface area contributed by atoms with Gasteiger partial charge in [-0.1, -0.05) is 12.1 Å². The molecule has 0 unspecified atom stereocenters. The van der Waals surface area contributed by atoms with Gasteiger partial charge in [-0.2, -0.15) is 0 Å². The molecule has 0 saturated carbocycles. The van der Waals surface area contributed by atoms with Crippen LogP contribution in [0.4, 0.5) is 4.39 Å². The van der Waals surface area contributed by atoms with Crippen molar-refractivity contribution < 1.29 is 9.18 Å². The van der Waals surface area contributed by atoms with E-state index >= 15 is 0 Å². The Morgan fingerprint density at radius 1 is 1.37 bits per heavy atom. The Kier molecular flexibility index (Phi) is 4.71. The Morgan fingerprint density at radius 3 is 2.84 bits per heavy atom. The van der Waals surface area contributed by atoms with Gasteiger partial charge in [0.1, 0.15) is 5.82 Å². The Morgan fingerprint density at radius 2 is 2.16 bits per heavy atom. The molecule has 0 aliphatic carbocycles. The number of amides is 1. The van der Waals surface area contributed by atoms with E-state index in [1.807, 2.05) is 17.5 Å². The quantitative estimate of drug-likeness (QED) is 0.824. The van der Waals surface area contributed by atoms with Crippen LogP contribution in [0.15, 0.2) is 40.2 Å². The maximum absolute atomic E-state index is 13.8. The smallest absolute Gasteiger partial charge is 0.256 e. The summed E-state index contributed by atoms with van der Waals surface area (Å²) in [6.45, 7) is 0.575. The van der Waals surface area contributed by atoms with E-state index < -0.39 is 5.82 Å². The van der Waals surface area contributed by atoms with Gasteiger partial charge in [0.05, 0.1) is 10.0 Å². The molecule has 0 fully saturated rings. The highest BCUT2D eigenvalue weighted by Gasteiger charge is 2.17. The molecule has 2 nitrogen and oxygen atoms in total. The highest BCUT2D eigenvalue weighted by molar-refractivity contribution is 9.10. The average molecular weight is 342 g/mol. The fourth-order valence-electron chi connectivity index (χ4n) is 1.71. The van der Waals surface area contributed by atoms with E-state index in [2.05, 4.69) is 15.9 Å². The largest absolute Gasteiger partial charge is 0.341 e. The molecule has 2 rings (SSSR count). The van der Waals surface area contributed by atoms with Crippen LogP contribution in [0.5, 0.6) is 0 Å². The molecule has 1 aromatic carbocycles. The van der Waals surface area contributed by atoms with E-state index in [4.69, 9.17) is 0 Å². The van der Waals surface area contributed by atoms with Crippen LogP contribution in [-0.2, 0) is 6.42 Å². The first-order chi connectivity index (χ1) is 9.09. The summed E-state index contributed by atoms with van der Waals surface area (Å²) < 4.78 is 14.1. The maximum Gasteiger partial charge on any atom is 0.256 e. The summed E-state index contributed by atoms with van der Waals surface area (Å²) in [5, 5.41) is 2.01. The van der Waals surface area contributed by atoms with Crippen LogP contribution in [0, 0.1) is 5.82 Å². The molecular weight excluding hydrogens is 329 g/mol. The van der Waals surface area contributed by atoms with Gasteiger partial charge in [0, 0.05) is 18.5 Å². The van der Waals surface area contributed by atoms with E-state index in [0.29, 0.717) is 11.0 Å². The van der Waals surface area contributed by atoms with Crippen LogP contribution in [-0.4, -0.2) is 24.4 Å². The first kappa shape index (κ1) is 14.2. The fourth-order valence-corrected chi connectivity index (χ4v) is 2.77. The molecule has 100 valence electrons. The van der Waals surface area contributed by atoms with Crippen molar-refractivity contribution in [2.75, 3.05) is 13.6 Å². The number of halogens is 2. The highest BCUT2D eigenvalue weighted by Crippen LogP contribution is 2.20. The molecule has 0 N–H and O–H groups in total. The molecule has 0 bridgehead atoms. The lowest BCUT2D eigenvalue weighted by molar-refractivity contribution is 0.0792. The second-order valence-electron chi connectivity index (χ2n) is 4.16. The Balaban J connectivity index is 2.04. The van der Waals surface area contributed by atoms with Crippen molar-refractivity contribution in [2.24, 2.45) is 0 Å². The Labute approximate surface area is 124 Å². The number of nitrogens with zero attached hydrogens (tertiary/aromatic N) is 1. The summed E-state index contributed by atoms with van der Waals surface area (Å²) in [4.78, 5) is 14.9. The van der Waals surface area contributed by atoms with E-state index in [-0.39, 0.29) is 11.5 Å². The number of thiophene rings is 1. The monoisotopic (exact) mass is 341 g/mol. The van der Waals surface area contributed by atoms with Crippen LogP contribution in [0.3, 0.4) is 0 Å². The van der Waals surface area contributed by atoms with Gasteiger partial charge < -0.3 is 4.90 Å². The molecule has 0 radical (unpaired) electrons. The summed E-state index contributed by atoms with van der Waals surface area (Å²) in [6.07, 6.45) is 0.787. The molecular formula is C14H13BrFNOS. The van der Waals surface area contributed by atoms with Crippen LogP contribution in [0.25, 0.3) is 0 Å². The fraction of sp³-hybridized carbons (Fsp3) is 0.214. The first-order valence-electron chi connectivity index (χ1n) is 5.81. The van der Waals surface area contributed by atoms with Gasteiger partial charge in [0.25, 0.3) is 5.91 Å². The van der Waals surface area contributed by atoms with Crippen molar-refractivity contribution in [3.63, 3.8) is 0 Å². The molecule has 19 heavy (non-hydrogen) atoms. The number of benzene rings is 1. The number of carbonyl (C=O) groups is 1. The predicted molar refractivity (Wildman–Crippen MR) is 79.1 cm³/mol. The van der Waals surface area contributed by atoms with Crippen molar-refractivity contribution in [3.8, 4) is 0 Å². The van der Waals surface area contributed by atoms with Crippen LogP contribution >= 0.6 is 27.3 Å². The molecule has 0 aliphatic rings. The SMILES string of the molecule is CN(CCc1cccs1)C(=O)c1cccc(Br)c1F. The van der Waals surface area contributed by atoms with E-state index in [0.717, 1.165) is 6.42 Å². The van der Waals surface area contributed by atoms with Gasteiger partial charge >= 0.3 is 0 Å². The number of carbonyl (C=O) groups excluding carboxylic acids is 1. The zero-order valence-electron chi connectivity index (χ0n) is 10.4. The topological polar surface area (TPSA) is 20.3 Å². The minimum Gasteiger partial charge on any atom is -0.341 e. The van der Waals surface area contributed by atoms with Crippen LogP contribution in [0.2, 0.25) is 0 Å². The summed E-state index contributed by atoms with van der Waals surface area (Å²) in [5.74, 6) is -0.800. The summed E-state index contributed by atoms with van der Waals surface area (Å²) >= 11 is 4.75. The molecule has 2 aromatic rings. The molecule has 0 atom stereocenters. The second kappa shape index (κ2) is 6.30. The average Bonchev–Trinajstić information content (AvgIpc) is 2.91. The first-order valence-corrected chi connectivity index (χ1v) is 7.48. The third kappa shape index (κ3) is 3.42. The summed E-state index contributed by atoms with van der Waals surface area (Å²) in [7, 11) is 1.69. The lowest BCUT2D eigenvalue weighted by Crippen LogP contribution is -2.29. The van der Waals surface area contributed by atoms with E-state index in [1.165, 1.54) is 10.9 Å². The van der Waals surface area contributed by atoms with E-state index in [1.54, 1.807) is 35.4 Å². The highest BCUT2D eigenvalue weighted by atomic mass is 79.9. The number of hydrogen-bond donors (Lipinski definition) is 0. The zero-order valence-corrected chi connectivity index (χ0v) is 12.8. The molecule has 5 heteroatoms. The van der Waals surface area contributed by atoms with Crippen molar-refractivity contribution in [1.29, 1.82) is 0 Å². The third-order valence-electron chi connectivity index (χ3n) is 2.80. The van der Waals surface area contributed by atoms with Crippen LogP contribution < -0.4 is 0 Å². The van der Waals surface area contributed by atoms with Crippen molar-refractivity contribution >= 4 is 33.2 Å². The molecule has 0 spiro atoms. The molecule has 1 aromatic heterocycles. The minimum atomic E-state index is -0.504. The molecule has 1 amide bonds.